The SMILES string of the molecule is CC(C)(C)c1ccc(NC(=O)CCC(=O)N(CCC#N)c2ccccc2)cc1. The molecule has 0 unspecified atom stereocenters. The van der Waals surface area contributed by atoms with Crippen LogP contribution in [0.15, 0.2) is 54.6 Å². The molecule has 2 aromatic carbocycles. The zero-order chi connectivity index (χ0) is 20.6. The highest BCUT2D eigenvalue weighted by atomic mass is 16.2. The Morgan fingerprint density at radius 1 is 1.00 bits per heavy atom. The molecule has 28 heavy (non-hydrogen) atoms. The molecule has 146 valence electrons. The third-order valence-electron chi connectivity index (χ3n) is 4.42. The molecule has 0 bridgehead atoms. The molecule has 5 nitrogen and oxygen atoms in total. The predicted octanol–water partition coefficient (Wildman–Crippen LogP) is 4.65. The summed E-state index contributed by atoms with van der Waals surface area (Å²) in [7, 11) is 0. The van der Waals surface area contributed by atoms with E-state index in [0.29, 0.717) is 6.54 Å². The van der Waals surface area contributed by atoms with Gasteiger partial charge in [-0.2, -0.15) is 5.26 Å². The van der Waals surface area contributed by atoms with Crippen LogP contribution < -0.4 is 10.2 Å². The first kappa shape index (κ1) is 21.2. The molecule has 0 fully saturated rings. The Morgan fingerprint density at radius 3 is 2.21 bits per heavy atom. The number of nitrogens with one attached hydrogen (secondary N) is 1. The summed E-state index contributed by atoms with van der Waals surface area (Å²) in [6.45, 7) is 6.72. The van der Waals surface area contributed by atoms with E-state index in [4.69, 9.17) is 5.26 Å². The van der Waals surface area contributed by atoms with Crippen molar-refractivity contribution < 1.29 is 9.59 Å². The van der Waals surface area contributed by atoms with Gasteiger partial charge in [0.15, 0.2) is 0 Å². The highest BCUT2D eigenvalue weighted by Crippen LogP contribution is 2.23. The van der Waals surface area contributed by atoms with Gasteiger partial charge in [0.1, 0.15) is 0 Å². The second-order valence-corrected chi connectivity index (χ2v) is 7.66. The lowest BCUT2D eigenvalue weighted by Crippen LogP contribution is -2.32. The first-order valence-corrected chi connectivity index (χ1v) is 9.44. The fourth-order valence-corrected chi connectivity index (χ4v) is 2.80. The van der Waals surface area contributed by atoms with Crippen molar-refractivity contribution in [2.24, 2.45) is 0 Å². The summed E-state index contributed by atoms with van der Waals surface area (Å²) in [5.41, 5.74) is 2.70. The van der Waals surface area contributed by atoms with Gasteiger partial charge in [-0.25, -0.2) is 0 Å². The van der Waals surface area contributed by atoms with Crippen molar-refractivity contribution >= 4 is 23.2 Å². The lowest BCUT2D eigenvalue weighted by molar-refractivity contribution is -0.122. The van der Waals surface area contributed by atoms with Crippen molar-refractivity contribution in [3.05, 3.63) is 60.2 Å². The van der Waals surface area contributed by atoms with E-state index in [9.17, 15) is 9.59 Å². The minimum absolute atomic E-state index is 0.0548. The number of amides is 2. The van der Waals surface area contributed by atoms with Crippen LogP contribution in [0.25, 0.3) is 0 Å². The van der Waals surface area contributed by atoms with Gasteiger partial charge >= 0.3 is 0 Å². The van der Waals surface area contributed by atoms with Gasteiger partial charge in [-0.3, -0.25) is 9.59 Å². The molecule has 0 heterocycles. The highest BCUT2D eigenvalue weighted by molar-refractivity contribution is 5.98. The molecule has 5 heteroatoms. The molecule has 2 aromatic rings. The number of benzene rings is 2. The fraction of sp³-hybridized carbons (Fsp3) is 0.348. The summed E-state index contributed by atoms with van der Waals surface area (Å²) in [6.07, 6.45) is 0.426. The highest BCUT2D eigenvalue weighted by Gasteiger charge is 2.17. The number of carbonyl (C=O) groups is 2. The molecule has 0 atom stereocenters. The first-order chi connectivity index (χ1) is 13.3. The Bertz CT molecular complexity index is 831. The molecule has 0 aliphatic heterocycles. The number of nitrogens with zero attached hydrogens (tertiary/aromatic N) is 2. The van der Waals surface area contributed by atoms with Crippen LogP contribution in [0.4, 0.5) is 11.4 Å². The van der Waals surface area contributed by atoms with Gasteiger partial charge < -0.3 is 10.2 Å². The van der Waals surface area contributed by atoms with Crippen molar-refractivity contribution in [3.8, 4) is 6.07 Å². The van der Waals surface area contributed by atoms with Crippen LogP contribution >= 0.6 is 0 Å². The lowest BCUT2D eigenvalue weighted by Gasteiger charge is -2.21. The smallest absolute Gasteiger partial charge is 0.227 e. The van der Waals surface area contributed by atoms with Crippen molar-refractivity contribution in [2.45, 2.75) is 45.4 Å². The normalized spacial score (nSPS) is 10.8. The third-order valence-corrected chi connectivity index (χ3v) is 4.42. The van der Waals surface area contributed by atoms with Crippen LogP contribution in [-0.4, -0.2) is 18.4 Å². The summed E-state index contributed by atoms with van der Waals surface area (Å²) >= 11 is 0. The molecule has 0 saturated heterocycles. The van der Waals surface area contributed by atoms with Gasteiger partial charge in [0.2, 0.25) is 11.8 Å². The molecule has 0 aliphatic rings. The zero-order valence-corrected chi connectivity index (χ0v) is 16.7. The molecular formula is C23H27N3O2. The Labute approximate surface area is 167 Å². The molecule has 0 aromatic heterocycles. The molecule has 0 aliphatic carbocycles. The minimum Gasteiger partial charge on any atom is -0.326 e. The number of hydrogen-bond acceptors (Lipinski definition) is 3. The molecule has 1 N–H and O–H groups in total. The monoisotopic (exact) mass is 377 g/mol. The van der Waals surface area contributed by atoms with Crippen molar-refractivity contribution in [2.75, 3.05) is 16.8 Å². The third kappa shape index (κ3) is 6.24. The number of anilines is 2. The summed E-state index contributed by atoms with van der Waals surface area (Å²) in [5.74, 6) is -0.371. The molecule has 0 radical (unpaired) electrons. The van der Waals surface area contributed by atoms with Crippen molar-refractivity contribution in [1.82, 2.24) is 0 Å². The van der Waals surface area contributed by atoms with Crippen molar-refractivity contribution in [3.63, 3.8) is 0 Å². The zero-order valence-electron chi connectivity index (χ0n) is 16.7. The fourth-order valence-electron chi connectivity index (χ4n) is 2.80. The van der Waals surface area contributed by atoms with E-state index >= 15 is 0 Å². The van der Waals surface area contributed by atoms with Crippen LogP contribution in [0.5, 0.6) is 0 Å². The van der Waals surface area contributed by atoms with Crippen molar-refractivity contribution in [1.29, 1.82) is 5.26 Å². The van der Waals surface area contributed by atoms with Gasteiger partial charge in [-0.1, -0.05) is 51.1 Å². The summed E-state index contributed by atoms with van der Waals surface area (Å²) in [4.78, 5) is 26.4. The molecule has 0 saturated carbocycles. The second-order valence-electron chi connectivity index (χ2n) is 7.66. The average molecular weight is 377 g/mol. The Morgan fingerprint density at radius 2 is 1.64 bits per heavy atom. The average Bonchev–Trinajstić information content (AvgIpc) is 2.67. The lowest BCUT2D eigenvalue weighted by atomic mass is 9.87. The van der Waals surface area contributed by atoms with E-state index in [1.54, 1.807) is 4.90 Å². The molecular weight excluding hydrogens is 350 g/mol. The predicted molar refractivity (Wildman–Crippen MR) is 112 cm³/mol. The van der Waals surface area contributed by atoms with Gasteiger partial charge in [0.05, 0.1) is 12.5 Å². The Balaban J connectivity index is 1.93. The summed E-state index contributed by atoms with van der Waals surface area (Å²) < 4.78 is 0. The van der Waals surface area contributed by atoms with E-state index < -0.39 is 0 Å². The molecule has 2 rings (SSSR count). The maximum absolute atomic E-state index is 12.6. The largest absolute Gasteiger partial charge is 0.326 e. The second kappa shape index (κ2) is 9.70. The number of para-hydroxylation sites is 1. The van der Waals surface area contributed by atoms with Gasteiger partial charge in [0, 0.05) is 30.8 Å². The standard InChI is InChI=1S/C23H27N3O2/c1-23(2,3)18-10-12-19(13-11-18)25-21(27)14-15-22(28)26(17-7-16-24)20-8-5-4-6-9-20/h4-6,8-13H,7,14-15,17H2,1-3H3,(H,25,27). The first-order valence-electron chi connectivity index (χ1n) is 9.44. The van der Waals surface area contributed by atoms with Crippen LogP contribution in [0, 0.1) is 11.3 Å². The number of hydrogen-bond donors (Lipinski definition) is 1. The van der Waals surface area contributed by atoms with Gasteiger partial charge in [0.25, 0.3) is 0 Å². The Hall–Kier alpha value is -3.13. The topological polar surface area (TPSA) is 73.2 Å². The maximum Gasteiger partial charge on any atom is 0.227 e. The quantitative estimate of drug-likeness (QED) is 0.763. The number of carbonyl (C=O) groups excluding carboxylic acids is 2. The molecule has 2 amide bonds. The van der Waals surface area contributed by atoms with Crippen LogP contribution in [0.1, 0.15) is 45.6 Å². The Kier molecular flexibility index (Phi) is 7.34. The van der Waals surface area contributed by atoms with E-state index in [1.165, 1.54) is 5.56 Å². The van der Waals surface area contributed by atoms with E-state index in [1.807, 2.05) is 54.6 Å². The van der Waals surface area contributed by atoms with E-state index in [-0.39, 0.29) is 36.5 Å². The van der Waals surface area contributed by atoms with E-state index in [0.717, 1.165) is 11.4 Å². The molecule has 0 spiro atoms. The number of nitriles is 1. The van der Waals surface area contributed by atoms with Crippen LogP contribution in [0.2, 0.25) is 0 Å². The van der Waals surface area contributed by atoms with E-state index in [2.05, 4.69) is 32.2 Å². The minimum atomic E-state index is -0.204. The maximum atomic E-state index is 12.6. The summed E-state index contributed by atoms with van der Waals surface area (Å²) in [5, 5.41) is 11.7. The van der Waals surface area contributed by atoms with Gasteiger partial charge in [-0.15, -0.1) is 0 Å². The van der Waals surface area contributed by atoms with Crippen LogP contribution in [-0.2, 0) is 15.0 Å². The summed E-state index contributed by atoms with van der Waals surface area (Å²) in [6, 6.07) is 19.0. The van der Waals surface area contributed by atoms with Crippen LogP contribution in [0.3, 0.4) is 0 Å². The van der Waals surface area contributed by atoms with Gasteiger partial charge in [-0.05, 0) is 35.2 Å². The number of rotatable bonds is 7.